The average molecular weight is 258 g/mol. The van der Waals surface area contributed by atoms with E-state index in [2.05, 4.69) is 10.3 Å². The molecule has 0 fully saturated rings. The van der Waals surface area contributed by atoms with Crippen LogP contribution in [0, 0.1) is 10.1 Å². The summed E-state index contributed by atoms with van der Waals surface area (Å²) < 4.78 is 0. The number of aromatic nitrogens is 1. The van der Waals surface area contributed by atoms with Crippen molar-refractivity contribution in [3.8, 4) is 0 Å². The van der Waals surface area contributed by atoms with Crippen LogP contribution in [0.4, 0.5) is 5.69 Å². The van der Waals surface area contributed by atoms with Crippen molar-refractivity contribution in [2.24, 2.45) is 0 Å². The third-order valence-corrected chi connectivity index (χ3v) is 2.40. The van der Waals surface area contributed by atoms with E-state index in [1.807, 2.05) is 6.92 Å². The predicted octanol–water partition coefficient (Wildman–Crippen LogP) is 2.17. The highest BCUT2D eigenvalue weighted by molar-refractivity contribution is 6.32. The molecule has 0 spiro atoms. The van der Waals surface area contributed by atoms with Crippen LogP contribution in [-0.2, 0) is 0 Å². The summed E-state index contributed by atoms with van der Waals surface area (Å²) in [7, 11) is 0. The molecule has 17 heavy (non-hydrogen) atoms. The number of nitrogens with one attached hydrogen (secondary N) is 1. The molecule has 7 heteroatoms. The van der Waals surface area contributed by atoms with Crippen molar-refractivity contribution in [1.82, 2.24) is 10.3 Å². The number of hydrogen-bond donors (Lipinski definition) is 1. The first-order valence-electron chi connectivity index (χ1n) is 5.15. The number of halogens is 1. The number of carbonyl (C=O) groups is 1. The van der Waals surface area contributed by atoms with Crippen molar-refractivity contribution in [2.75, 3.05) is 6.54 Å². The van der Waals surface area contributed by atoms with Crippen LogP contribution in [0.3, 0.4) is 0 Å². The Morgan fingerprint density at radius 3 is 2.94 bits per heavy atom. The van der Waals surface area contributed by atoms with Crippen molar-refractivity contribution in [1.29, 1.82) is 0 Å². The molecule has 0 atom stereocenters. The van der Waals surface area contributed by atoms with E-state index in [-0.39, 0.29) is 10.7 Å². The highest BCUT2D eigenvalue weighted by atomic mass is 35.5. The third kappa shape index (κ3) is 3.39. The van der Waals surface area contributed by atoms with Crippen molar-refractivity contribution in [3.05, 3.63) is 33.1 Å². The second-order valence-corrected chi connectivity index (χ2v) is 3.72. The number of rotatable bonds is 5. The van der Waals surface area contributed by atoms with Crippen molar-refractivity contribution in [2.45, 2.75) is 19.8 Å². The highest BCUT2D eigenvalue weighted by Crippen LogP contribution is 2.25. The lowest BCUT2D eigenvalue weighted by Crippen LogP contribution is -2.25. The van der Waals surface area contributed by atoms with Crippen LogP contribution < -0.4 is 5.32 Å². The van der Waals surface area contributed by atoms with Crippen LogP contribution in [0.25, 0.3) is 0 Å². The fourth-order valence-electron chi connectivity index (χ4n) is 1.26. The van der Waals surface area contributed by atoms with E-state index in [0.29, 0.717) is 6.54 Å². The molecule has 0 radical (unpaired) electrons. The van der Waals surface area contributed by atoms with Gasteiger partial charge in [0.15, 0.2) is 0 Å². The average Bonchev–Trinajstić information content (AvgIpc) is 2.28. The lowest BCUT2D eigenvalue weighted by atomic mass is 10.2. The van der Waals surface area contributed by atoms with Gasteiger partial charge in [-0.15, -0.1) is 0 Å². The largest absolute Gasteiger partial charge is 0.352 e. The van der Waals surface area contributed by atoms with Gasteiger partial charge >= 0.3 is 5.69 Å². The minimum absolute atomic E-state index is 0.0638. The summed E-state index contributed by atoms with van der Waals surface area (Å²) in [5.74, 6) is -0.505. The quantitative estimate of drug-likeness (QED) is 0.379. The Labute approximate surface area is 103 Å². The van der Waals surface area contributed by atoms with Gasteiger partial charge in [0, 0.05) is 12.7 Å². The molecule has 0 unspecified atom stereocenters. The van der Waals surface area contributed by atoms with Gasteiger partial charge in [-0.1, -0.05) is 24.9 Å². The summed E-state index contributed by atoms with van der Waals surface area (Å²) in [4.78, 5) is 25.4. The van der Waals surface area contributed by atoms with E-state index in [4.69, 9.17) is 11.6 Å². The Hall–Kier alpha value is -1.69. The molecule has 0 aliphatic rings. The van der Waals surface area contributed by atoms with Gasteiger partial charge in [0.2, 0.25) is 5.15 Å². The molecule has 0 saturated carbocycles. The molecule has 0 aromatic carbocycles. The van der Waals surface area contributed by atoms with Crippen LogP contribution in [-0.4, -0.2) is 22.4 Å². The number of pyridine rings is 1. The van der Waals surface area contributed by atoms with Crippen molar-refractivity contribution in [3.63, 3.8) is 0 Å². The van der Waals surface area contributed by atoms with E-state index < -0.39 is 16.5 Å². The summed E-state index contributed by atoms with van der Waals surface area (Å²) in [6, 6.07) is 1.28. The second kappa shape index (κ2) is 6.15. The van der Waals surface area contributed by atoms with Gasteiger partial charge < -0.3 is 5.32 Å². The molecule has 1 rings (SSSR count). The maximum atomic E-state index is 11.7. The van der Waals surface area contributed by atoms with Gasteiger partial charge in [0.25, 0.3) is 5.91 Å². The molecule has 0 aliphatic carbocycles. The lowest BCUT2D eigenvalue weighted by molar-refractivity contribution is -0.385. The molecule has 0 bridgehead atoms. The van der Waals surface area contributed by atoms with Gasteiger partial charge in [-0.2, -0.15) is 0 Å². The standard InChI is InChI=1S/C10H12ClN3O3/c1-2-3-5-13-10(15)7-4-6-12-9(11)8(7)14(16)17/h4,6H,2-3,5H2,1H3,(H,13,15). The first kappa shape index (κ1) is 13.4. The number of carbonyl (C=O) groups excluding carboxylic acids is 1. The van der Waals surface area contributed by atoms with Crippen molar-refractivity contribution < 1.29 is 9.72 Å². The molecule has 0 aliphatic heterocycles. The molecule has 1 heterocycles. The van der Waals surface area contributed by atoms with Gasteiger partial charge in [-0.3, -0.25) is 14.9 Å². The molecular formula is C10H12ClN3O3. The monoisotopic (exact) mass is 257 g/mol. The smallest absolute Gasteiger partial charge is 0.319 e. The van der Waals surface area contributed by atoms with Gasteiger partial charge in [0.1, 0.15) is 5.56 Å². The fraction of sp³-hybridized carbons (Fsp3) is 0.400. The van der Waals surface area contributed by atoms with Crippen LogP contribution >= 0.6 is 11.6 Å². The maximum Gasteiger partial charge on any atom is 0.319 e. The number of amides is 1. The first-order valence-corrected chi connectivity index (χ1v) is 5.52. The first-order chi connectivity index (χ1) is 8.07. The zero-order valence-corrected chi connectivity index (χ0v) is 10.0. The van der Waals surface area contributed by atoms with Gasteiger partial charge in [-0.05, 0) is 12.5 Å². The summed E-state index contributed by atoms with van der Waals surface area (Å²) in [5, 5.41) is 13.1. The Balaban J connectivity index is 2.93. The zero-order chi connectivity index (χ0) is 12.8. The number of nitro groups is 1. The third-order valence-electron chi connectivity index (χ3n) is 2.12. The SMILES string of the molecule is CCCCNC(=O)c1ccnc(Cl)c1[N+](=O)[O-]. The topological polar surface area (TPSA) is 85.1 Å². The van der Waals surface area contributed by atoms with E-state index >= 15 is 0 Å². The highest BCUT2D eigenvalue weighted by Gasteiger charge is 2.24. The van der Waals surface area contributed by atoms with E-state index in [1.54, 1.807) is 0 Å². The normalized spacial score (nSPS) is 10.0. The Morgan fingerprint density at radius 1 is 1.65 bits per heavy atom. The van der Waals surface area contributed by atoms with Crippen molar-refractivity contribution >= 4 is 23.2 Å². The predicted molar refractivity (Wildman–Crippen MR) is 63.1 cm³/mol. The summed E-state index contributed by atoms with van der Waals surface area (Å²) in [6.07, 6.45) is 3.02. The van der Waals surface area contributed by atoms with Crippen LogP contribution in [0.1, 0.15) is 30.1 Å². The van der Waals surface area contributed by atoms with E-state index in [0.717, 1.165) is 12.8 Å². The fourth-order valence-corrected chi connectivity index (χ4v) is 1.49. The Bertz CT molecular complexity index is 437. The summed E-state index contributed by atoms with van der Waals surface area (Å²) >= 11 is 5.60. The van der Waals surface area contributed by atoms with Gasteiger partial charge in [0.05, 0.1) is 4.92 Å². The molecular weight excluding hydrogens is 246 g/mol. The molecule has 1 aromatic rings. The van der Waals surface area contributed by atoms with Crippen LogP contribution in [0.2, 0.25) is 5.15 Å². The minimum atomic E-state index is -0.704. The Morgan fingerprint density at radius 2 is 2.35 bits per heavy atom. The minimum Gasteiger partial charge on any atom is -0.352 e. The molecule has 92 valence electrons. The van der Waals surface area contributed by atoms with E-state index in [9.17, 15) is 14.9 Å². The molecule has 0 saturated heterocycles. The maximum absolute atomic E-state index is 11.7. The Kier molecular flexibility index (Phi) is 4.84. The van der Waals surface area contributed by atoms with E-state index in [1.165, 1.54) is 12.3 Å². The molecule has 6 nitrogen and oxygen atoms in total. The van der Waals surface area contributed by atoms with Gasteiger partial charge in [-0.25, -0.2) is 4.98 Å². The molecule has 1 amide bonds. The molecule has 1 aromatic heterocycles. The number of unbranched alkanes of at least 4 members (excludes halogenated alkanes) is 1. The zero-order valence-electron chi connectivity index (χ0n) is 9.27. The second-order valence-electron chi connectivity index (χ2n) is 3.36. The van der Waals surface area contributed by atoms with Crippen LogP contribution in [0.5, 0.6) is 0 Å². The number of nitrogens with zero attached hydrogens (tertiary/aromatic N) is 2. The lowest BCUT2D eigenvalue weighted by Gasteiger charge is -2.05. The molecule has 1 N–H and O–H groups in total. The summed E-state index contributed by atoms with van der Waals surface area (Å²) in [5.41, 5.74) is -0.519. The number of hydrogen-bond acceptors (Lipinski definition) is 4. The van der Waals surface area contributed by atoms with Crippen LogP contribution in [0.15, 0.2) is 12.3 Å². The summed E-state index contributed by atoms with van der Waals surface area (Å²) in [6.45, 7) is 2.46.